The molecule has 6 heterocycles. The lowest BCUT2D eigenvalue weighted by Gasteiger charge is -2.38. The smallest absolute Gasteiger partial charge is 0.254 e. The molecule has 0 unspecified atom stereocenters. The van der Waals surface area contributed by atoms with E-state index < -0.39 is 18.1 Å². The minimum Gasteiger partial charge on any atom is -0.507 e. The molecule has 2 aliphatic heterocycles. The number of phenolic OH excluding ortho intramolecular Hbond substituents is 1. The minimum absolute atomic E-state index is 0.0494. The molecule has 0 aliphatic carbocycles. The summed E-state index contributed by atoms with van der Waals surface area (Å²) in [5, 5.41) is 37.4. The Labute approximate surface area is 345 Å². The van der Waals surface area contributed by atoms with Crippen LogP contribution >= 0.6 is 11.3 Å². The second-order valence-electron chi connectivity index (χ2n) is 15.8. The zero-order chi connectivity index (χ0) is 41.2. The van der Waals surface area contributed by atoms with Gasteiger partial charge in [0.1, 0.15) is 30.1 Å². The number of carbonyl (C=O) groups is 2. The van der Waals surface area contributed by atoms with Gasteiger partial charge in [-0.25, -0.2) is 4.98 Å². The SMILES string of the molecule is Cc1ncsc1-c1ccc([C@H](C)NC(=O)[C@@H]2C[C@@H](O)CN2C(=O)[C@@H](c2cc(OCCN3CC(COc4c[nH]c5nnc(-c6ccccc6O)cc45)C3)no2)C(C)C)cc1. The second-order valence-corrected chi connectivity index (χ2v) is 16.6. The molecule has 0 spiro atoms. The number of amides is 2. The van der Waals surface area contributed by atoms with E-state index in [1.165, 1.54) is 4.90 Å². The maximum Gasteiger partial charge on any atom is 0.254 e. The third kappa shape index (κ3) is 8.65. The number of hydrogen-bond acceptors (Lipinski definition) is 13. The summed E-state index contributed by atoms with van der Waals surface area (Å²) in [6.07, 6.45) is 1.10. The molecule has 4 atom stereocenters. The molecule has 2 aromatic carbocycles. The van der Waals surface area contributed by atoms with Gasteiger partial charge in [-0.05, 0) is 54.2 Å². The highest BCUT2D eigenvalue weighted by atomic mass is 32.1. The monoisotopic (exact) mass is 820 g/mol. The molecule has 15 nitrogen and oxygen atoms in total. The fraction of sp³-hybridized carbons (Fsp3) is 0.395. The van der Waals surface area contributed by atoms with Crippen molar-refractivity contribution in [2.45, 2.75) is 58.2 Å². The molecule has 4 N–H and O–H groups in total. The van der Waals surface area contributed by atoms with Gasteiger partial charge in [-0.1, -0.05) is 50.2 Å². The second kappa shape index (κ2) is 17.2. The molecule has 0 radical (unpaired) electrons. The molecule has 8 rings (SSSR count). The number of fused-ring (bicyclic) bond motifs is 1. The van der Waals surface area contributed by atoms with Gasteiger partial charge < -0.3 is 39.4 Å². The molecule has 59 heavy (non-hydrogen) atoms. The number of aliphatic hydroxyl groups is 1. The summed E-state index contributed by atoms with van der Waals surface area (Å²) in [4.78, 5) is 40.0. The molecule has 2 amide bonds. The lowest BCUT2D eigenvalue weighted by molar-refractivity contribution is -0.141. The Bertz CT molecular complexity index is 2410. The number of aryl methyl sites for hydroxylation is 1. The van der Waals surface area contributed by atoms with Gasteiger partial charge in [0.15, 0.2) is 11.4 Å². The number of β-amino-alcohol motifs (C(OH)–C–C–N with tert-alkyl or cyclic N) is 1. The van der Waals surface area contributed by atoms with Crippen molar-refractivity contribution in [1.29, 1.82) is 0 Å². The number of aromatic amines is 1. The topological polar surface area (TPSA) is 192 Å². The van der Waals surface area contributed by atoms with Crippen LogP contribution in [0.2, 0.25) is 0 Å². The van der Waals surface area contributed by atoms with Crippen molar-refractivity contribution in [2.75, 3.05) is 39.4 Å². The molecule has 4 aromatic heterocycles. The third-order valence-corrected chi connectivity index (χ3v) is 12.1. The highest BCUT2D eigenvalue weighted by Crippen LogP contribution is 2.35. The van der Waals surface area contributed by atoms with Crippen LogP contribution in [0.15, 0.2) is 76.9 Å². The summed E-state index contributed by atoms with van der Waals surface area (Å²) >= 11 is 1.59. The first-order chi connectivity index (χ1) is 28.5. The number of aromatic hydroxyl groups is 1. The molecule has 2 fully saturated rings. The van der Waals surface area contributed by atoms with Crippen LogP contribution in [0.5, 0.6) is 17.4 Å². The summed E-state index contributed by atoms with van der Waals surface area (Å²) in [7, 11) is 0. The van der Waals surface area contributed by atoms with Gasteiger partial charge in [0.2, 0.25) is 11.8 Å². The highest BCUT2D eigenvalue weighted by molar-refractivity contribution is 7.13. The maximum atomic E-state index is 14.1. The Balaban J connectivity index is 0.809. The van der Waals surface area contributed by atoms with Crippen molar-refractivity contribution in [3.63, 3.8) is 0 Å². The summed E-state index contributed by atoms with van der Waals surface area (Å²) in [6.45, 7) is 11.0. The normalized spacial score (nSPS) is 18.2. The van der Waals surface area contributed by atoms with Crippen LogP contribution in [0.3, 0.4) is 0 Å². The number of nitrogens with one attached hydrogen (secondary N) is 2. The number of phenols is 1. The summed E-state index contributed by atoms with van der Waals surface area (Å²) < 4.78 is 17.8. The molecule has 308 valence electrons. The molecular weight excluding hydrogens is 773 g/mol. The van der Waals surface area contributed by atoms with Gasteiger partial charge in [-0.15, -0.1) is 21.5 Å². The maximum absolute atomic E-state index is 14.1. The van der Waals surface area contributed by atoms with Crippen molar-refractivity contribution in [3.8, 4) is 39.1 Å². The average molecular weight is 821 g/mol. The van der Waals surface area contributed by atoms with Gasteiger partial charge >= 0.3 is 0 Å². The first kappa shape index (κ1) is 40.0. The number of aromatic nitrogens is 5. The van der Waals surface area contributed by atoms with E-state index in [4.69, 9.17) is 14.0 Å². The van der Waals surface area contributed by atoms with Gasteiger partial charge in [0.05, 0.1) is 45.9 Å². The zero-order valence-corrected chi connectivity index (χ0v) is 34.2. The van der Waals surface area contributed by atoms with Crippen molar-refractivity contribution in [3.05, 3.63) is 89.4 Å². The van der Waals surface area contributed by atoms with Crippen LogP contribution in [-0.2, 0) is 9.59 Å². The Morgan fingerprint density at radius 3 is 2.59 bits per heavy atom. The number of nitrogens with zero attached hydrogens (tertiary/aromatic N) is 6. The van der Waals surface area contributed by atoms with Crippen molar-refractivity contribution < 1.29 is 33.8 Å². The summed E-state index contributed by atoms with van der Waals surface area (Å²) in [5.41, 5.74) is 6.57. The van der Waals surface area contributed by atoms with Crippen LogP contribution in [0, 0.1) is 18.8 Å². The number of H-pyrrole nitrogens is 1. The molecule has 6 aromatic rings. The van der Waals surface area contributed by atoms with Gasteiger partial charge in [0, 0.05) is 56.3 Å². The van der Waals surface area contributed by atoms with Crippen LogP contribution in [-0.4, -0.2) is 109 Å². The van der Waals surface area contributed by atoms with E-state index in [-0.39, 0.29) is 48.4 Å². The van der Waals surface area contributed by atoms with Crippen LogP contribution in [0.1, 0.15) is 56.2 Å². The van der Waals surface area contributed by atoms with Crippen LogP contribution < -0.4 is 14.8 Å². The largest absolute Gasteiger partial charge is 0.507 e. The van der Waals surface area contributed by atoms with E-state index in [2.05, 4.69) is 35.5 Å². The van der Waals surface area contributed by atoms with E-state index in [0.29, 0.717) is 54.1 Å². The third-order valence-electron chi connectivity index (χ3n) is 11.1. The van der Waals surface area contributed by atoms with E-state index in [0.717, 1.165) is 40.2 Å². The number of carbonyl (C=O) groups excluding carboxylic acids is 2. The van der Waals surface area contributed by atoms with E-state index in [1.807, 2.05) is 69.6 Å². The van der Waals surface area contributed by atoms with Gasteiger partial charge in [-0.2, -0.15) is 0 Å². The standard InChI is InChI=1S/C43H48N8O7S/c1-24(2)39(43(55)51-21-30(52)15-34(51)42(54)46-25(3)28-9-11-29(12-10-28)40-26(4)45-23-59-40)36-17-38(49-58-36)56-14-13-50-19-27(20-50)22-57-37-18-44-41-32(37)16-33(47-48-41)31-7-5-6-8-35(31)53/h5-12,16-18,23-25,27,30,34,39,52-53H,13-15,19-22H2,1-4H3,(H,44,48)(H,46,54)/t25-,30+,34-,39+/m0/s1. The van der Waals surface area contributed by atoms with E-state index in [1.54, 1.807) is 41.8 Å². The number of aliphatic hydroxyl groups excluding tert-OH is 1. The van der Waals surface area contributed by atoms with Crippen molar-refractivity contribution in [1.82, 2.24) is 40.4 Å². The molecule has 2 saturated heterocycles. The quantitative estimate of drug-likeness (QED) is 0.0987. The van der Waals surface area contributed by atoms with E-state index in [9.17, 15) is 19.8 Å². The predicted octanol–water partition coefficient (Wildman–Crippen LogP) is 5.72. The number of hydrogen-bond donors (Lipinski definition) is 4. The summed E-state index contributed by atoms with van der Waals surface area (Å²) in [5.74, 6) is 0.267. The lowest BCUT2D eigenvalue weighted by Crippen LogP contribution is -2.50. The lowest BCUT2D eigenvalue weighted by atomic mass is 9.91. The van der Waals surface area contributed by atoms with Crippen molar-refractivity contribution in [2.24, 2.45) is 11.8 Å². The summed E-state index contributed by atoms with van der Waals surface area (Å²) in [6, 6.07) is 17.4. The van der Waals surface area contributed by atoms with Gasteiger partial charge in [-0.3, -0.25) is 14.5 Å². The number of likely N-dealkylation sites (tertiary alicyclic amines) is 2. The first-order valence-electron chi connectivity index (χ1n) is 19.9. The molecular formula is C43H48N8O7S. The average Bonchev–Trinajstić information content (AvgIpc) is 4.03. The van der Waals surface area contributed by atoms with Crippen molar-refractivity contribution >= 4 is 34.2 Å². The number of thiazole rings is 1. The molecule has 0 saturated carbocycles. The minimum atomic E-state index is -0.829. The fourth-order valence-electron chi connectivity index (χ4n) is 7.89. The predicted molar refractivity (Wildman–Crippen MR) is 221 cm³/mol. The van der Waals surface area contributed by atoms with Crippen LogP contribution in [0.25, 0.3) is 32.7 Å². The number of benzene rings is 2. The molecule has 2 aliphatic rings. The Hall–Kier alpha value is -5.84. The number of ether oxygens (including phenoxy) is 2. The Morgan fingerprint density at radius 2 is 1.85 bits per heavy atom. The first-order valence-corrected chi connectivity index (χ1v) is 20.8. The van der Waals surface area contributed by atoms with E-state index >= 15 is 0 Å². The fourth-order valence-corrected chi connectivity index (χ4v) is 8.70. The van der Waals surface area contributed by atoms with Crippen LogP contribution in [0.4, 0.5) is 0 Å². The Kier molecular flexibility index (Phi) is 11.6. The number of rotatable bonds is 15. The zero-order valence-electron chi connectivity index (χ0n) is 33.4. The molecule has 16 heteroatoms. The molecule has 0 bridgehead atoms. The van der Waals surface area contributed by atoms with Gasteiger partial charge in [0.25, 0.3) is 5.88 Å². The Morgan fingerprint density at radius 1 is 1.05 bits per heavy atom. The highest BCUT2D eigenvalue weighted by Gasteiger charge is 2.43. The number of para-hydroxylation sites is 1.